The third-order valence-electron chi connectivity index (χ3n) is 4.25. The summed E-state index contributed by atoms with van der Waals surface area (Å²) in [6, 6.07) is 14.5. The molecule has 12 nitrogen and oxygen atoms in total. The van der Waals surface area contributed by atoms with Gasteiger partial charge in [0.25, 0.3) is 0 Å². The van der Waals surface area contributed by atoms with Gasteiger partial charge in [-0.25, -0.2) is 9.59 Å². The fourth-order valence-electron chi connectivity index (χ4n) is 2.44. The summed E-state index contributed by atoms with van der Waals surface area (Å²) in [6.45, 7) is -0.00241. The summed E-state index contributed by atoms with van der Waals surface area (Å²) in [5.41, 5.74) is 11.9. The first-order valence-electron chi connectivity index (χ1n) is 9.78. The minimum Gasteiger partial charge on any atom is -0.480 e. The van der Waals surface area contributed by atoms with Crippen molar-refractivity contribution in [1.82, 2.24) is 0 Å². The summed E-state index contributed by atoms with van der Waals surface area (Å²) in [6.07, 6.45) is -3.12. The molecule has 0 aliphatic rings. The number of nitrogens with two attached hydrogens (primary N) is 2. The van der Waals surface area contributed by atoms with E-state index in [0.717, 1.165) is 11.1 Å². The molecular formula is C22H26N2O10. The van der Waals surface area contributed by atoms with Crippen LogP contribution in [0.3, 0.4) is 0 Å². The fraction of sp³-hybridized carbons (Fsp3) is 0.273. The van der Waals surface area contributed by atoms with Gasteiger partial charge in [-0.05, 0) is 11.1 Å². The van der Waals surface area contributed by atoms with Gasteiger partial charge in [-0.2, -0.15) is 0 Å². The Morgan fingerprint density at radius 2 is 0.882 bits per heavy atom. The van der Waals surface area contributed by atoms with E-state index >= 15 is 0 Å². The third-order valence-corrected chi connectivity index (χ3v) is 4.25. The predicted octanol–water partition coefficient (Wildman–Crippen LogP) is 0.137. The minimum absolute atomic E-state index is 0.00120. The van der Waals surface area contributed by atoms with Crippen LogP contribution in [0, 0.1) is 0 Å². The van der Waals surface area contributed by atoms with Crippen molar-refractivity contribution in [2.75, 3.05) is 0 Å². The Balaban J connectivity index is 0.000000340. The lowest BCUT2D eigenvalue weighted by molar-refractivity contribution is -0.159. The zero-order valence-corrected chi connectivity index (χ0v) is 17.9. The van der Waals surface area contributed by atoms with Crippen molar-refractivity contribution < 1.29 is 49.1 Å². The number of hydrogen-bond acceptors (Lipinski definition) is 8. The molecule has 0 spiro atoms. The van der Waals surface area contributed by atoms with Crippen LogP contribution in [0.2, 0.25) is 0 Å². The maximum atomic E-state index is 10.8. The Morgan fingerprint density at radius 1 is 0.588 bits per heavy atom. The minimum atomic E-state index is -1.59. The van der Waals surface area contributed by atoms with Crippen molar-refractivity contribution >= 4 is 23.9 Å². The molecular weight excluding hydrogens is 452 g/mol. The molecule has 12 heteroatoms. The highest BCUT2D eigenvalue weighted by molar-refractivity contribution is 5.84. The second-order valence-corrected chi connectivity index (χ2v) is 6.84. The number of carboxylic acid groups (broad SMARTS) is 4. The Labute approximate surface area is 194 Å². The molecule has 0 heterocycles. The van der Waals surface area contributed by atoms with E-state index in [4.69, 9.17) is 41.4 Å². The molecule has 0 aliphatic carbocycles. The molecule has 0 radical (unpaired) electrons. The van der Waals surface area contributed by atoms with E-state index < -0.39 is 48.2 Å². The quantitative estimate of drug-likeness (QED) is 0.240. The van der Waals surface area contributed by atoms with Crippen molar-refractivity contribution in [2.45, 2.75) is 37.5 Å². The molecule has 4 unspecified atom stereocenters. The fourth-order valence-corrected chi connectivity index (χ4v) is 2.44. The van der Waals surface area contributed by atoms with E-state index in [9.17, 15) is 19.2 Å². The Hall–Kier alpha value is -3.84. The summed E-state index contributed by atoms with van der Waals surface area (Å²) in [5.74, 6) is -5.61. The summed E-state index contributed by atoms with van der Waals surface area (Å²) in [4.78, 5) is 42.8. The topological polar surface area (TPSA) is 220 Å². The van der Waals surface area contributed by atoms with Crippen LogP contribution in [0.4, 0.5) is 0 Å². The maximum Gasteiger partial charge on any atom is 0.335 e. The predicted molar refractivity (Wildman–Crippen MR) is 117 cm³/mol. The molecule has 0 fully saturated rings. The van der Waals surface area contributed by atoms with Crippen molar-refractivity contribution in [1.29, 1.82) is 0 Å². The van der Waals surface area contributed by atoms with Crippen molar-refractivity contribution in [3.63, 3.8) is 0 Å². The molecule has 0 aromatic heterocycles. The van der Waals surface area contributed by atoms with E-state index in [1.54, 1.807) is 60.7 Å². The second kappa shape index (κ2) is 14.3. The lowest BCUT2D eigenvalue weighted by Gasteiger charge is -2.17. The first-order valence-corrected chi connectivity index (χ1v) is 9.78. The molecule has 8 N–H and O–H groups in total. The number of ether oxygens (including phenoxy) is 2. The van der Waals surface area contributed by atoms with Crippen LogP contribution in [0.25, 0.3) is 0 Å². The normalized spacial score (nSPS) is 13.9. The lowest BCUT2D eigenvalue weighted by atomic mass is 10.1. The van der Waals surface area contributed by atoms with E-state index in [2.05, 4.69) is 0 Å². The zero-order valence-electron chi connectivity index (χ0n) is 17.9. The van der Waals surface area contributed by atoms with Crippen LogP contribution in [0.1, 0.15) is 11.1 Å². The summed E-state index contributed by atoms with van der Waals surface area (Å²) in [7, 11) is 0. The van der Waals surface area contributed by atoms with Crippen molar-refractivity contribution in [3.05, 3.63) is 71.8 Å². The Bertz CT molecular complexity index is 862. The standard InChI is InChI=1S/2C11H13NO5/c2*12-8(10(13)14)9(11(15)16)17-6-7-4-2-1-3-5-7/h2*1-5,8-9H,6,12H2,(H,13,14)(H,15,16). The lowest BCUT2D eigenvalue weighted by Crippen LogP contribution is -2.47. The monoisotopic (exact) mass is 478 g/mol. The second-order valence-electron chi connectivity index (χ2n) is 6.84. The number of benzene rings is 2. The highest BCUT2D eigenvalue weighted by Crippen LogP contribution is 2.07. The van der Waals surface area contributed by atoms with Gasteiger partial charge in [0, 0.05) is 0 Å². The molecule has 0 saturated carbocycles. The molecule has 2 aromatic rings. The summed E-state index contributed by atoms with van der Waals surface area (Å²) < 4.78 is 10.0. The van der Waals surface area contributed by atoms with Crippen molar-refractivity contribution in [3.8, 4) is 0 Å². The van der Waals surface area contributed by atoms with Crippen LogP contribution in [-0.4, -0.2) is 68.6 Å². The maximum absolute atomic E-state index is 10.8. The van der Waals surface area contributed by atoms with Gasteiger partial charge in [0.2, 0.25) is 0 Å². The molecule has 184 valence electrons. The molecule has 2 rings (SSSR count). The van der Waals surface area contributed by atoms with Gasteiger partial charge in [0.1, 0.15) is 12.1 Å². The van der Waals surface area contributed by atoms with E-state index in [1.165, 1.54) is 0 Å². The van der Waals surface area contributed by atoms with Crippen LogP contribution in [-0.2, 0) is 41.9 Å². The molecule has 34 heavy (non-hydrogen) atoms. The number of hydrogen-bond donors (Lipinski definition) is 6. The number of aliphatic carboxylic acids is 4. The van der Waals surface area contributed by atoms with Crippen LogP contribution in [0.15, 0.2) is 60.7 Å². The first-order chi connectivity index (χ1) is 16.0. The van der Waals surface area contributed by atoms with Gasteiger partial charge in [0.05, 0.1) is 13.2 Å². The SMILES string of the molecule is NC(C(=O)O)C(OCc1ccccc1)C(=O)O.NC(C(=O)O)C(OCc1ccccc1)C(=O)O. The van der Waals surface area contributed by atoms with Gasteiger partial charge in [-0.1, -0.05) is 60.7 Å². The Kier molecular flexibility index (Phi) is 11.9. The average Bonchev–Trinajstić information content (AvgIpc) is 2.80. The third kappa shape index (κ3) is 9.75. The highest BCUT2D eigenvalue weighted by atomic mass is 16.5. The van der Waals surface area contributed by atoms with Gasteiger partial charge < -0.3 is 41.4 Å². The van der Waals surface area contributed by atoms with E-state index in [-0.39, 0.29) is 13.2 Å². The van der Waals surface area contributed by atoms with E-state index in [0.29, 0.717) is 0 Å². The summed E-state index contributed by atoms with van der Waals surface area (Å²) in [5, 5.41) is 34.9. The first kappa shape index (κ1) is 28.2. The molecule has 0 bridgehead atoms. The number of carboxylic acids is 4. The zero-order chi connectivity index (χ0) is 25.7. The van der Waals surface area contributed by atoms with Gasteiger partial charge in [0.15, 0.2) is 12.2 Å². The Morgan fingerprint density at radius 3 is 1.12 bits per heavy atom. The molecule has 0 saturated heterocycles. The van der Waals surface area contributed by atoms with Gasteiger partial charge in [-0.15, -0.1) is 0 Å². The summed E-state index contributed by atoms with van der Waals surface area (Å²) >= 11 is 0. The van der Waals surface area contributed by atoms with Crippen molar-refractivity contribution in [2.24, 2.45) is 11.5 Å². The van der Waals surface area contributed by atoms with Crippen LogP contribution < -0.4 is 11.5 Å². The molecule has 0 amide bonds. The molecule has 4 atom stereocenters. The smallest absolute Gasteiger partial charge is 0.335 e. The average molecular weight is 478 g/mol. The van der Waals surface area contributed by atoms with Gasteiger partial charge in [-0.3, -0.25) is 9.59 Å². The van der Waals surface area contributed by atoms with E-state index in [1.807, 2.05) is 0 Å². The largest absolute Gasteiger partial charge is 0.480 e. The van der Waals surface area contributed by atoms with Crippen LogP contribution in [0.5, 0.6) is 0 Å². The van der Waals surface area contributed by atoms with Crippen LogP contribution >= 0.6 is 0 Å². The van der Waals surface area contributed by atoms with Gasteiger partial charge >= 0.3 is 23.9 Å². The molecule has 2 aromatic carbocycles. The number of carbonyl (C=O) groups is 4. The highest BCUT2D eigenvalue weighted by Gasteiger charge is 2.32. The number of rotatable bonds is 12. The molecule has 0 aliphatic heterocycles.